The second kappa shape index (κ2) is 5.16. The Kier molecular flexibility index (Phi) is 4.05. The molecule has 100 valence electrons. The Balaban J connectivity index is 3.11. The van der Waals surface area contributed by atoms with Crippen molar-refractivity contribution in [2.45, 2.75) is 26.3 Å². The van der Waals surface area contributed by atoms with Crippen LogP contribution in [0.2, 0.25) is 0 Å². The number of carbonyl (C=O) groups is 4. The molecule has 1 amide bonds. The van der Waals surface area contributed by atoms with E-state index in [1.54, 1.807) is 13.8 Å². The molecular formula is C11H15NO6. The minimum atomic E-state index is -2.02. The molecule has 1 aliphatic heterocycles. The quantitative estimate of drug-likeness (QED) is 0.393. The number of ether oxygens (including phenoxy) is 2. The summed E-state index contributed by atoms with van der Waals surface area (Å²) in [5, 5.41) is 2.15. The topological polar surface area (TPSA) is 98.8 Å². The smallest absolute Gasteiger partial charge is 0.345 e. The number of carbonyl (C=O) groups excluding carboxylic acids is 4. The number of nitrogens with one attached hydrogen (secondary N) is 1. The second-order valence-corrected chi connectivity index (χ2v) is 3.78. The van der Waals surface area contributed by atoms with Crippen molar-refractivity contribution < 1.29 is 28.7 Å². The van der Waals surface area contributed by atoms with Crippen molar-refractivity contribution >= 4 is 23.6 Å². The lowest BCUT2D eigenvalue weighted by Gasteiger charge is -2.42. The Morgan fingerprint density at radius 1 is 1.17 bits per heavy atom. The predicted octanol–water partition coefficient (Wildman–Crippen LogP) is -0.814. The van der Waals surface area contributed by atoms with Crippen molar-refractivity contribution in [3.8, 4) is 0 Å². The minimum Gasteiger partial charge on any atom is -0.464 e. The second-order valence-electron chi connectivity index (χ2n) is 3.78. The van der Waals surface area contributed by atoms with E-state index in [1.807, 2.05) is 0 Å². The van der Waals surface area contributed by atoms with Gasteiger partial charge in [-0.2, -0.15) is 0 Å². The van der Waals surface area contributed by atoms with E-state index in [4.69, 9.17) is 9.47 Å². The molecule has 1 atom stereocenters. The zero-order chi connectivity index (χ0) is 13.9. The van der Waals surface area contributed by atoms with Crippen LogP contribution in [0.25, 0.3) is 0 Å². The van der Waals surface area contributed by atoms with E-state index < -0.39 is 35.1 Å². The average molecular weight is 257 g/mol. The molecule has 1 aliphatic rings. The Hall–Kier alpha value is -1.92. The van der Waals surface area contributed by atoms with Crippen molar-refractivity contribution in [1.29, 1.82) is 0 Å². The van der Waals surface area contributed by atoms with Gasteiger partial charge in [-0.05, 0) is 20.8 Å². The highest BCUT2D eigenvalue weighted by atomic mass is 16.6. The van der Waals surface area contributed by atoms with Gasteiger partial charge in [0.05, 0.1) is 13.2 Å². The first-order valence-electron chi connectivity index (χ1n) is 5.58. The van der Waals surface area contributed by atoms with Crippen molar-refractivity contribution in [2.24, 2.45) is 5.92 Å². The fourth-order valence-electron chi connectivity index (χ4n) is 1.86. The zero-order valence-electron chi connectivity index (χ0n) is 10.4. The fourth-order valence-corrected chi connectivity index (χ4v) is 1.86. The first-order valence-corrected chi connectivity index (χ1v) is 5.58. The van der Waals surface area contributed by atoms with Gasteiger partial charge in [0.25, 0.3) is 5.54 Å². The van der Waals surface area contributed by atoms with Gasteiger partial charge in [-0.3, -0.25) is 9.59 Å². The highest BCUT2D eigenvalue weighted by Crippen LogP contribution is 2.31. The van der Waals surface area contributed by atoms with Gasteiger partial charge in [0.1, 0.15) is 11.7 Å². The van der Waals surface area contributed by atoms with Crippen LogP contribution in [0.5, 0.6) is 0 Å². The summed E-state index contributed by atoms with van der Waals surface area (Å²) in [4.78, 5) is 46.4. The SMILES string of the molecule is CCOC(=O)C1(C(=O)OCC)NC(=O)C1C(C)=O. The zero-order valence-corrected chi connectivity index (χ0v) is 10.4. The lowest BCUT2D eigenvalue weighted by Crippen LogP contribution is -2.79. The fraction of sp³-hybridized carbons (Fsp3) is 0.636. The number of rotatable bonds is 5. The molecule has 7 nitrogen and oxygen atoms in total. The van der Waals surface area contributed by atoms with E-state index in [9.17, 15) is 19.2 Å². The molecule has 0 aliphatic carbocycles. The van der Waals surface area contributed by atoms with E-state index in [0.29, 0.717) is 0 Å². The molecule has 1 heterocycles. The van der Waals surface area contributed by atoms with Gasteiger partial charge >= 0.3 is 11.9 Å². The van der Waals surface area contributed by atoms with Crippen molar-refractivity contribution in [3.05, 3.63) is 0 Å². The van der Waals surface area contributed by atoms with Gasteiger partial charge < -0.3 is 14.8 Å². The number of ketones is 1. The first-order chi connectivity index (χ1) is 8.41. The third kappa shape index (κ3) is 1.96. The summed E-state index contributed by atoms with van der Waals surface area (Å²) < 4.78 is 9.48. The molecule has 1 saturated heterocycles. The predicted molar refractivity (Wildman–Crippen MR) is 58.3 cm³/mol. The molecule has 7 heteroatoms. The summed E-state index contributed by atoms with van der Waals surface area (Å²) in [6, 6.07) is 0. The third-order valence-electron chi connectivity index (χ3n) is 2.62. The van der Waals surface area contributed by atoms with E-state index in [-0.39, 0.29) is 13.2 Å². The third-order valence-corrected chi connectivity index (χ3v) is 2.62. The van der Waals surface area contributed by atoms with Crippen LogP contribution in [0.3, 0.4) is 0 Å². The van der Waals surface area contributed by atoms with Gasteiger partial charge in [-0.25, -0.2) is 9.59 Å². The Bertz CT molecular complexity index is 376. The maximum atomic E-state index is 11.8. The molecule has 0 aromatic carbocycles. The van der Waals surface area contributed by atoms with Crippen LogP contribution >= 0.6 is 0 Å². The van der Waals surface area contributed by atoms with Crippen molar-refractivity contribution in [1.82, 2.24) is 5.32 Å². The molecule has 1 rings (SSSR count). The van der Waals surface area contributed by atoms with E-state index in [2.05, 4.69) is 5.32 Å². The molecule has 0 bridgehead atoms. The molecule has 0 aromatic heterocycles. The average Bonchev–Trinajstić information content (AvgIpc) is 2.24. The van der Waals surface area contributed by atoms with Gasteiger partial charge in [0.15, 0.2) is 0 Å². The number of amides is 1. The number of hydrogen-bond acceptors (Lipinski definition) is 6. The Morgan fingerprint density at radius 3 is 1.89 bits per heavy atom. The normalized spacial score (nSPS) is 20.4. The lowest BCUT2D eigenvalue weighted by molar-refractivity contribution is -0.183. The summed E-state index contributed by atoms with van der Waals surface area (Å²) in [6.07, 6.45) is 0. The van der Waals surface area contributed by atoms with E-state index in [1.165, 1.54) is 0 Å². The van der Waals surface area contributed by atoms with Crippen LogP contribution in [0.15, 0.2) is 0 Å². The first kappa shape index (κ1) is 14.1. The maximum Gasteiger partial charge on any atom is 0.345 e. The summed E-state index contributed by atoms with van der Waals surface area (Å²) in [5.74, 6) is -4.58. The van der Waals surface area contributed by atoms with Crippen LogP contribution in [0, 0.1) is 5.92 Å². The molecule has 1 fully saturated rings. The lowest BCUT2D eigenvalue weighted by atomic mass is 9.73. The number of esters is 2. The Morgan fingerprint density at radius 2 is 1.61 bits per heavy atom. The minimum absolute atomic E-state index is 0.0283. The van der Waals surface area contributed by atoms with Crippen molar-refractivity contribution in [3.63, 3.8) is 0 Å². The van der Waals surface area contributed by atoms with Crippen LogP contribution in [0.1, 0.15) is 20.8 Å². The van der Waals surface area contributed by atoms with E-state index >= 15 is 0 Å². The van der Waals surface area contributed by atoms with Gasteiger partial charge in [0.2, 0.25) is 5.91 Å². The number of β-lactam (4-membered cyclic amide) rings is 1. The molecule has 18 heavy (non-hydrogen) atoms. The maximum absolute atomic E-state index is 11.8. The molecular weight excluding hydrogens is 242 g/mol. The van der Waals surface area contributed by atoms with Crippen molar-refractivity contribution in [2.75, 3.05) is 13.2 Å². The van der Waals surface area contributed by atoms with Gasteiger partial charge in [-0.1, -0.05) is 0 Å². The highest BCUT2D eigenvalue weighted by molar-refractivity contribution is 6.24. The van der Waals surface area contributed by atoms with Gasteiger partial charge in [0, 0.05) is 0 Å². The van der Waals surface area contributed by atoms with Crippen LogP contribution in [-0.4, -0.2) is 42.4 Å². The Labute approximate surface area is 104 Å². The highest BCUT2D eigenvalue weighted by Gasteiger charge is 2.68. The summed E-state index contributed by atoms with van der Waals surface area (Å²) >= 11 is 0. The molecule has 1 unspecified atom stereocenters. The van der Waals surface area contributed by atoms with Crippen LogP contribution < -0.4 is 5.32 Å². The number of hydrogen-bond donors (Lipinski definition) is 1. The van der Waals surface area contributed by atoms with Crippen LogP contribution in [0.4, 0.5) is 0 Å². The van der Waals surface area contributed by atoms with E-state index in [0.717, 1.165) is 6.92 Å². The summed E-state index contributed by atoms with van der Waals surface area (Å²) in [6.45, 7) is 4.30. The monoisotopic (exact) mass is 257 g/mol. The summed E-state index contributed by atoms with van der Waals surface area (Å²) in [5.41, 5.74) is -2.02. The van der Waals surface area contributed by atoms with Crippen LogP contribution in [-0.2, 0) is 28.7 Å². The molecule has 0 radical (unpaired) electrons. The standard InChI is InChI=1S/C11H15NO6/c1-4-17-9(15)11(10(16)18-5-2)7(6(3)13)8(14)12-11/h7H,4-5H2,1-3H3,(H,12,14). The summed E-state index contributed by atoms with van der Waals surface area (Å²) in [7, 11) is 0. The molecule has 0 aromatic rings. The number of Topliss-reactive ketones (excluding diaryl/α,β-unsaturated/α-hetero) is 1. The largest absolute Gasteiger partial charge is 0.464 e. The molecule has 0 saturated carbocycles. The van der Waals surface area contributed by atoms with Gasteiger partial charge in [-0.15, -0.1) is 0 Å². The molecule has 1 N–H and O–H groups in total. The molecule has 0 spiro atoms.